The lowest BCUT2D eigenvalue weighted by Crippen LogP contribution is -2.50. The molecule has 2 rings (SSSR count). The number of hydrogen-bond donors (Lipinski definition) is 2. The Morgan fingerprint density at radius 2 is 1.78 bits per heavy atom. The molecule has 0 bridgehead atoms. The van der Waals surface area contributed by atoms with Gasteiger partial charge in [0.25, 0.3) is 0 Å². The number of nitrogens with zero attached hydrogens (tertiary/aromatic N) is 1. The van der Waals surface area contributed by atoms with Gasteiger partial charge in [0.2, 0.25) is 5.91 Å². The molecule has 2 N–H and O–H groups in total. The van der Waals surface area contributed by atoms with Crippen LogP contribution < -0.4 is 10.6 Å². The van der Waals surface area contributed by atoms with E-state index in [0.717, 1.165) is 38.8 Å². The van der Waals surface area contributed by atoms with Crippen LogP contribution in [0.4, 0.5) is 4.79 Å². The molecule has 0 aromatic carbocycles. The molecule has 0 spiro atoms. The first-order valence-electron chi connectivity index (χ1n) is 8.76. The predicted octanol–water partition coefficient (Wildman–Crippen LogP) is 1.89. The molecule has 6 nitrogen and oxygen atoms in total. The summed E-state index contributed by atoms with van der Waals surface area (Å²) in [6.45, 7) is 9.84. The Morgan fingerprint density at radius 3 is 2.30 bits per heavy atom. The first-order valence-corrected chi connectivity index (χ1v) is 8.76. The Morgan fingerprint density at radius 1 is 1.17 bits per heavy atom. The molecule has 6 heteroatoms. The highest BCUT2D eigenvalue weighted by atomic mass is 16.6. The molecule has 1 saturated carbocycles. The van der Waals surface area contributed by atoms with Gasteiger partial charge in [-0.3, -0.25) is 4.79 Å². The summed E-state index contributed by atoms with van der Waals surface area (Å²) in [4.78, 5) is 25.7. The van der Waals surface area contributed by atoms with Crippen molar-refractivity contribution in [3.8, 4) is 0 Å². The lowest BCUT2D eigenvalue weighted by molar-refractivity contribution is -0.133. The zero-order chi connectivity index (χ0) is 17.0. The van der Waals surface area contributed by atoms with Gasteiger partial charge in [-0.25, -0.2) is 4.79 Å². The minimum Gasteiger partial charge on any atom is -0.444 e. The number of rotatable bonds is 5. The van der Waals surface area contributed by atoms with E-state index < -0.39 is 5.60 Å². The number of likely N-dealkylation sites (tertiary alicyclic amines) is 1. The number of ether oxygens (including phenoxy) is 1. The number of hydrogen-bond acceptors (Lipinski definition) is 4. The number of alkyl carbamates (subject to hydrolysis) is 1. The quantitative estimate of drug-likeness (QED) is 0.810. The highest BCUT2D eigenvalue weighted by Gasteiger charge is 2.34. The summed E-state index contributed by atoms with van der Waals surface area (Å²) in [6.07, 6.45) is 3.73. The van der Waals surface area contributed by atoms with Gasteiger partial charge in [-0.15, -0.1) is 0 Å². The van der Waals surface area contributed by atoms with Crippen LogP contribution in [0, 0.1) is 5.92 Å². The molecule has 1 unspecified atom stereocenters. The fourth-order valence-electron chi connectivity index (χ4n) is 2.87. The molecule has 0 aromatic rings. The van der Waals surface area contributed by atoms with E-state index in [1.54, 1.807) is 0 Å². The van der Waals surface area contributed by atoms with Crippen molar-refractivity contribution >= 4 is 12.0 Å². The Labute approximate surface area is 139 Å². The van der Waals surface area contributed by atoms with E-state index >= 15 is 0 Å². The smallest absolute Gasteiger partial charge is 0.407 e. The van der Waals surface area contributed by atoms with Crippen molar-refractivity contribution in [2.45, 2.75) is 71.1 Å². The molecule has 0 radical (unpaired) electrons. The summed E-state index contributed by atoms with van der Waals surface area (Å²) in [5.41, 5.74) is -0.471. The number of piperidine rings is 1. The minimum atomic E-state index is -0.471. The van der Waals surface area contributed by atoms with Crippen LogP contribution in [0.15, 0.2) is 0 Å². The molecule has 1 aliphatic carbocycles. The summed E-state index contributed by atoms with van der Waals surface area (Å²) in [5.74, 6) is 0.666. The molecular formula is C17H31N3O3. The second kappa shape index (κ2) is 7.51. The Bertz CT molecular complexity index is 421. The van der Waals surface area contributed by atoms with Crippen LogP contribution in [0.1, 0.15) is 53.4 Å². The fraction of sp³-hybridized carbons (Fsp3) is 0.882. The molecule has 2 amide bonds. The highest BCUT2D eigenvalue weighted by Crippen LogP contribution is 2.31. The van der Waals surface area contributed by atoms with E-state index in [2.05, 4.69) is 17.6 Å². The van der Waals surface area contributed by atoms with Crippen LogP contribution in [0.5, 0.6) is 0 Å². The SMILES string of the molecule is CC(CNC(=O)OC(C)(C)C)NC1CCN(C(=O)C2CC2)CC1. The molecule has 23 heavy (non-hydrogen) atoms. The van der Waals surface area contributed by atoms with Crippen LogP contribution in [0.25, 0.3) is 0 Å². The van der Waals surface area contributed by atoms with Crippen LogP contribution in [-0.4, -0.2) is 54.2 Å². The second-order valence-corrected chi connectivity index (χ2v) is 7.82. The summed E-state index contributed by atoms with van der Waals surface area (Å²) in [5, 5.41) is 6.32. The van der Waals surface area contributed by atoms with Crippen LogP contribution >= 0.6 is 0 Å². The molecule has 0 aromatic heterocycles. The average Bonchev–Trinajstić information content (AvgIpc) is 3.28. The first-order chi connectivity index (χ1) is 10.7. The largest absolute Gasteiger partial charge is 0.444 e. The number of nitrogens with one attached hydrogen (secondary N) is 2. The Balaban J connectivity index is 1.61. The molecule has 2 fully saturated rings. The van der Waals surface area contributed by atoms with Crippen molar-refractivity contribution in [1.82, 2.24) is 15.5 Å². The normalized spacial score (nSPS) is 21.0. The van der Waals surface area contributed by atoms with Crippen LogP contribution in [0.2, 0.25) is 0 Å². The van der Waals surface area contributed by atoms with Crippen molar-refractivity contribution in [3.05, 3.63) is 0 Å². The molecule has 132 valence electrons. The lowest BCUT2D eigenvalue weighted by Gasteiger charge is -2.34. The van der Waals surface area contributed by atoms with Crippen molar-refractivity contribution in [2.24, 2.45) is 5.92 Å². The topological polar surface area (TPSA) is 70.7 Å². The van der Waals surface area contributed by atoms with E-state index in [0.29, 0.717) is 24.4 Å². The van der Waals surface area contributed by atoms with Gasteiger partial charge in [-0.05, 0) is 53.4 Å². The van der Waals surface area contributed by atoms with Gasteiger partial charge in [0, 0.05) is 37.6 Å². The maximum atomic E-state index is 12.0. The zero-order valence-electron chi connectivity index (χ0n) is 14.9. The molecule has 1 saturated heterocycles. The second-order valence-electron chi connectivity index (χ2n) is 7.82. The Kier molecular flexibility index (Phi) is 5.89. The number of amides is 2. The predicted molar refractivity (Wildman–Crippen MR) is 89.2 cm³/mol. The van der Waals surface area contributed by atoms with E-state index in [9.17, 15) is 9.59 Å². The summed E-state index contributed by atoms with van der Waals surface area (Å²) >= 11 is 0. The summed E-state index contributed by atoms with van der Waals surface area (Å²) in [6, 6.07) is 0.590. The Hall–Kier alpha value is -1.30. The van der Waals surface area contributed by atoms with Gasteiger partial charge in [0.05, 0.1) is 0 Å². The number of carbonyl (C=O) groups is 2. The van der Waals surface area contributed by atoms with Gasteiger partial charge < -0.3 is 20.3 Å². The third kappa shape index (κ3) is 6.37. The van der Waals surface area contributed by atoms with E-state index in [1.807, 2.05) is 25.7 Å². The van der Waals surface area contributed by atoms with E-state index in [4.69, 9.17) is 4.74 Å². The monoisotopic (exact) mass is 325 g/mol. The molecule has 1 atom stereocenters. The standard InChI is InChI=1S/C17H31N3O3/c1-12(11-18-16(22)23-17(2,3)4)19-14-7-9-20(10-8-14)15(21)13-5-6-13/h12-14,19H,5-11H2,1-4H3,(H,18,22). The zero-order valence-corrected chi connectivity index (χ0v) is 14.9. The van der Waals surface area contributed by atoms with Crippen molar-refractivity contribution in [1.29, 1.82) is 0 Å². The lowest BCUT2D eigenvalue weighted by atomic mass is 10.0. The van der Waals surface area contributed by atoms with Crippen molar-refractivity contribution in [3.63, 3.8) is 0 Å². The molecular weight excluding hydrogens is 294 g/mol. The van der Waals surface area contributed by atoms with Gasteiger partial charge >= 0.3 is 6.09 Å². The fourth-order valence-corrected chi connectivity index (χ4v) is 2.87. The van der Waals surface area contributed by atoms with E-state index in [-0.39, 0.29) is 12.1 Å². The van der Waals surface area contributed by atoms with Crippen molar-refractivity contribution < 1.29 is 14.3 Å². The average molecular weight is 325 g/mol. The summed E-state index contributed by atoms with van der Waals surface area (Å²) in [7, 11) is 0. The van der Waals surface area contributed by atoms with Gasteiger partial charge in [-0.1, -0.05) is 0 Å². The van der Waals surface area contributed by atoms with Gasteiger partial charge in [-0.2, -0.15) is 0 Å². The van der Waals surface area contributed by atoms with E-state index in [1.165, 1.54) is 0 Å². The van der Waals surface area contributed by atoms with Gasteiger partial charge in [0.1, 0.15) is 5.60 Å². The minimum absolute atomic E-state index is 0.179. The number of carbonyl (C=O) groups excluding carboxylic acids is 2. The highest BCUT2D eigenvalue weighted by molar-refractivity contribution is 5.81. The van der Waals surface area contributed by atoms with Gasteiger partial charge in [0.15, 0.2) is 0 Å². The maximum absolute atomic E-state index is 12.0. The molecule has 2 aliphatic rings. The van der Waals surface area contributed by atoms with Crippen LogP contribution in [-0.2, 0) is 9.53 Å². The maximum Gasteiger partial charge on any atom is 0.407 e. The third-order valence-corrected chi connectivity index (χ3v) is 4.20. The molecule has 1 heterocycles. The first kappa shape index (κ1) is 18.0. The van der Waals surface area contributed by atoms with Crippen LogP contribution in [0.3, 0.4) is 0 Å². The van der Waals surface area contributed by atoms with Crippen molar-refractivity contribution in [2.75, 3.05) is 19.6 Å². The molecule has 1 aliphatic heterocycles. The summed E-state index contributed by atoms with van der Waals surface area (Å²) < 4.78 is 5.22. The third-order valence-electron chi connectivity index (χ3n) is 4.20.